The van der Waals surface area contributed by atoms with Crippen molar-refractivity contribution in [3.8, 4) is 0 Å². The molecular weight excluding hydrogens is 270 g/mol. The average Bonchev–Trinajstić information content (AvgIpc) is 2.54. The molecule has 110 valence electrons. The quantitative estimate of drug-likeness (QED) is 0.852. The van der Waals surface area contributed by atoms with Crippen LogP contribution in [0, 0.1) is 0 Å². The van der Waals surface area contributed by atoms with Crippen LogP contribution >= 0.6 is 11.6 Å². The molecule has 2 nitrogen and oxygen atoms in total. The van der Waals surface area contributed by atoms with Crippen LogP contribution in [0.2, 0.25) is 0 Å². The van der Waals surface area contributed by atoms with Crippen molar-refractivity contribution in [1.29, 1.82) is 0 Å². The highest BCUT2D eigenvalue weighted by molar-refractivity contribution is 6.18. The van der Waals surface area contributed by atoms with Gasteiger partial charge in [-0.1, -0.05) is 43.5 Å². The molecule has 1 aromatic carbocycles. The zero-order valence-corrected chi connectivity index (χ0v) is 12.8. The van der Waals surface area contributed by atoms with Crippen LogP contribution in [0.25, 0.3) is 0 Å². The molecule has 2 aliphatic rings. The topological polar surface area (TPSA) is 21.3 Å². The first-order valence-electron chi connectivity index (χ1n) is 7.83. The van der Waals surface area contributed by atoms with E-state index in [1.54, 1.807) is 0 Å². The summed E-state index contributed by atoms with van der Waals surface area (Å²) in [7, 11) is 0. The minimum Gasteiger partial charge on any atom is -0.372 e. The Morgan fingerprint density at radius 2 is 2.00 bits per heavy atom. The lowest BCUT2D eigenvalue weighted by atomic mass is 9.83. The molecule has 1 saturated carbocycles. The van der Waals surface area contributed by atoms with E-state index in [0.29, 0.717) is 5.88 Å². The largest absolute Gasteiger partial charge is 0.372 e. The van der Waals surface area contributed by atoms with Gasteiger partial charge in [0.15, 0.2) is 0 Å². The van der Waals surface area contributed by atoms with Crippen LogP contribution in [0.5, 0.6) is 0 Å². The fraction of sp³-hybridized carbons (Fsp3) is 0.647. The third-order valence-corrected chi connectivity index (χ3v) is 5.33. The SMILES string of the molecule is ClCC1(NCC2OCCc3ccccc32)CCCCC1. The van der Waals surface area contributed by atoms with E-state index in [0.717, 1.165) is 19.6 Å². The third-order valence-electron chi connectivity index (χ3n) is 4.82. The second kappa shape index (κ2) is 6.46. The Hall–Kier alpha value is -0.570. The molecule has 0 amide bonds. The number of ether oxygens (including phenoxy) is 1. The second-order valence-electron chi connectivity index (χ2n) is 6.16. The highest BCUT2D eigenvalue weighted by Crippen LogP contribution is 2.31. The summed E-state index contributed by atoms with van der Waals surface area (Å²) in [6, 6.07) is 8.66. The van der Waals surface area contributed by atoms with Crippen LogP contribution in [-0.2, 0) is 11.2 Å². The van der Waals surface area contributed by atoms with Gasteiger partial charge in [0.2, 0.25) is 0 Å². The Morgan fingerprint density at radius 3 is 2.80 bits per heavy atom. The van der Waals surface area contributed by atoms with Crippen LogP contribution in [0.3, 0.4) is 0 Å². The summed E-state index contributed by atoms with van der Waals surface area (Å²) in [4.78, 5) is 0. The van der Waals surface area contributed by atoms with E-state index in [4.69, 9.17) is 16.3 Å². The van der Waals surface area contributed by atoms with E-state index in [9.17, 15) is 0 Å². The van der Waals surface area contributed by atoms with E-state index in [1.165, 1.54) is 43.2 Å². The lowest BCUT2D eigenvalue weighted by Crippen LogP contribution is -2.50. The fourth-order valence-corrected chi connectivity index (χ4v) is 3.90. The molecule has 0 bridgehead atoms. The normalized spacial score (nSPS) is 25.1. The Morgan fingerprint density at radius 1 is 1.20 bits per heavy atom. The molecule has 20 heavy (non-hydrogen) atoms. The maximum absolute atomic E-state index is 6.25. The van der Waals surface area contributed by atoms with Crippen LogP contribution in [0.1, 0.15) is 49.3 Å². The predicted octanol–water partition coefficient (Wildman–Crippen LogP) is 3.83. The minimum absolute atomic E-state index is 0.134. The molecule has 1 N–H and O–H groups in total. The van der Waals surface area contributed by atoms with Gasteiger partial charge in [0.25, 0.3) is 0 Å². The molecule has 1 aromatic rings. The van der Waals surface area contributed by atoms with Gasteiger partial charge in [-0.2, -0.15) is 0 Å². The van der Waals surface area contributed by atoms with Gasteiger partial charge in [-0.25, -0.2) is 0 Å². The van der Waals surface area contributed by atoms with E-state index in [2.05, 4.69) is 29.6 Å². The van der Waals surface area contributed by atoms with Crippen LogP contribution in [-0.4, -0.2) is 24.6 Å². The Balaban J connectivity index is 1.66. The number of nitrogens with one attached hydrogen (secondary N) is 1. The fourth-order valence-electron chi connectivity index (χ4n) is 3.54. The standard InChI is InChI=1S/C17H24ClNO/c18-13-17(9-4-1-5-10-17)19-12-16-15-7-3-2-6-14(15)8-11-20-16/h2-3,6-7,16,19H,1,4-5,8-13H2. The van der Waals surface area contributed by atoms with Crippen LogP contribution in [0.15, 0.2) is 24.3 Å². The predicted molar refractivity (Wildman–Crippen MR) is 83.4 cm³/mol. The molecular formula is C17H24ClNO. The molecule has 0 aromatic heterocycles. The van der Waals surface area contributed by atoms with Crippen molar-refractivity contribution < 1.29 is 4.74 Å². The van der Waals surface area contributed by atoms with Crippen molar-refractivity contribution in [3.63, 3.8) is 0 Å². The summed E-state index contributed by atoms with van der Waals surface area (Å²) in [6.45, 7) is 1.71. The first-order chi connectivity index (χ1) is 9.83. The lowest BCUT2D eigenvalue weighted by molar-refractivity contribution is 0.0351. The molecule has 1 aliphatic carbocycles. The summed E-state index contributed by atoms with van der Waals surface area (Å²) >= 11 is 6.25. The maximum atomic E-state index is 6.25. The molecule has 1 heterocycles. The molecule has 3 heteroatoms. The van der Waals surface area contributed by atoms with Crippen LogP contribution in [0.4, 0.5) is 0 Å². The van der Waals surface area contributed by atoms with E-state index in [-0.39, 0.29) is 11.6 Å². The van der Waals surface area contributed by atoms with E-state index >= 15 is 0 Å². The second-order valence-corrected chi connectivity index (χ2v) is 6.43. The van der Waals surface area contributed by atoms with Gasteiger partial charge in [0.05, 0.1) is 12.7 Å². The van der Waals surface area contributed by atoms with Gasteiger partial charge < -0.3 is 10.1 Å². The van der Waals surface area contributed by atoms with E-state index < -0.39 is 0 Å². The van der Waals surface area contributed by atoms with Gasteiger partial charge >= 0.3 is 0 Å². The smallest absolute Gasteiger partial charge is 0.0952 e. The van der Waals surface area contributed by atoms with Crippen molar-refractivity contribution in [1.82, 2.24) is 5.32 Å². The third kappa shape index (κ3) is 3.03. The molecule has 1 atom stereocenters. The number of fused-ring (bicyclic) bond motifs is 1. The highest BCUT2D eigenvalue weighted by atomic mass is 35.5. The Labute approximate surface area is 126 Å². The molecule has 0 radical (unpaired) electrons. The molecule has 1 fully saturated rings. The van der Waals surface area contributed by atoms with Gasteiger partial charge in [0.1, 0.15) is 0 Å². The van der Waals surface area contributed by atoms with Crippen molar-refractivity contribution >= 4 is 11.6 Å². The zero-order chi connectivity index (χ0) is 13.8. The van der Waals surface area contributed by atoms with E-state index in [1.807, 2.05) is 0 Å². The molecule has 0 spiro atoms. The first-order valence-corrected chi connectivity index (χ1v) is 8.37. The van der Waals surface area contributed by atoms with Crippen molar-refractivity contribution in [3.05, 3.63) is 35.4 Å². The minimum atomic E-state index is 0.134. The molecule has 0 saturated heterocycles. The monoisotopic (exact) mass is 293 g/mol. The Kier molecular flexibility index (Phi) is 4.65. The van der Waals surface area contributed by atoms with Gasteiger partial charge in [-0.15, -0.1) is 11.6 Å². The summed E-state index contributed by atoms with van der Waals surface area (Å²) in [5.41, 5.74) is 2.93. The molecule has 1 aliphatic heterocycles. The number of alkyl halides is 1. The molecule has 1 unspecified atom stereocenters. The van der Waals surface area contributed by atoms with Crippen LogP contribution < -0.4 is 5.32 Å². The summed E-state index contributed by atoms with van der Waals surface area (Å²) in [6.07, 6.45) is 7.55. The number of hydrogen-bond acceptors (Lipinski definition) is 2. The summed E-state index contributed by atoms with van der Waals surface area (Å²) in [5.74, 6) is 0.710. The van der Waals surface area contributed by atoms with Gasteiger partial charge in [0, 0.05) is 18.0 Å². The Bertz CT molecular complexity index is 442. The number of hydrogen-bond donors (Lipinski definition) is 1. The summed E-state index contributed by atoms with van der Waals surface area (Å²) in [5, 5.41) is 3.74. The van der Waals surface area contributed by atoms with Crippen molar-refractivity contribution in [2.75, 3.05) is 19.0 Å². The first kappa shape index (κ1) is 14.4. The lowest BCUT2D eigenvalue weighted by Gasteiger charge is -2.38. The van der Waals surface area contributed by atoms with Gasteiger partial charge in [-0.05, 0) is 30.4 Å². The van der Waals surface area contributed by atoms with Crippen molar-refractivity contribution in [2.24, 2.45) is 0 Å². The number of rotatable bonds is 4. The average molecular weight is 294 g/mol. The molecule has 3 rings (SSSR count). The highest BCUT2D eigenvalue weighted by Gasteiger charge is 2.32. The number of halogens is 1. The zero-order valence-electron chi connectivity index (χ0n) is 12.0. The van der Waals surface area contributed by atoms with Gasteiger partial charge in [-0.3, -0.25) is 0 Å². The van der Waals surface area contributed by atoms with Crippen molar-refractivity contribution in [2.45, 2.75) is 50.2 Å². The summed E-state index contributed by atoms with van der Waals surface area (Å²) < 4.78 is 5.98. The number of benzene rings is 1. The maximum Gasteiger partial charge on any atom is 0.0952 e.